The van der Waals surface area contributed by atoms with E-state index < -0.39 is 0 Å². The van der Waals surface area contributed by atoms with Gasteiger partial charge in [-0.3, -0.25) is 10.2 Å². The number of ether oxygens (including phenoxy) is 2. The third-order valence-corrected chi connectivity index (χ3v) is 4.24. The lowest BCUT2D eigenvalue weighted by molar-refractivity contribution is 0.103. The maximum atomic E-state index is 12.9. The number of aromatic hydroxyl groups is 1. The molecular weight excluding hydrogens is 360 g/mol. The van der Waals surface area contributed by atoms with E-state index in [1.54, 1.807) is 19.1 Å². The summed E-state index contributed by atoms with van der Waals surface area (Å²) in [4.78, 5) is 12.9. The van der Waals surface area contributed by atoms with Crippen LogP contribution in [0.3, 0.4) is 0 Å². The molecular formula is C18H15ClN2O5. The van der Waals surface area contributed by atoms with E-state index in [9.17, 15) is 9.90 Å². The highest BCUT2D eigenvalue weighted by Crippen LogP contribution is 2.32. The number of halogens is 1. The van der Waals surface area contributed by atoms with Crippen LogP contribution in [-0.2, 0) is 4.74 Å². The Morgan fingerprint density at radius 3 is 2.58 bits per heavy atom. The second-order valence-corrected chi connectivity index (χ2v) is 5.99. The van der Waals surface area contributed by atoms with Crippen LogP contribution < -0.4 is 4.74 Å². The van der Waals surface area contributed by atoms with Crippen molar-refractivity contribution in [2.45, 2.75) is 6.92 Å². The van der Waals surface area contributed by atoms with Crippen molar-refractivity contribution < 1.29 is 23.9 Å². The smallest absolute Gasteiger partial charge is 0.261 e. The SMILES string of the molecule is COC(=N)c1cc(C(=O)c2cc(C)c3onc(OC)c3c2)cc(Cl)c1O. The summed E-state index contributed by atoms with van der Waals surface area (Å²) >= 11 is 6.01. The van der Waals surface area contributed by atoms with E-state index in [1.807, 2.05) is 0 Å². The van der Waals surface area contributed by atoms with Crippen LogP contribution in [0.15, 0.2) is 28.8 Å². The van der Waals surface area contributed by atoms with Gasteiger partial charge in [0.2, 0.25) is 5.90 Å². The van der Waals surface area contributed by atoms with Gasteiger partial charge in [-0.05, 0) is 41.9 Å². The van der Waals surface area contributed by atoms with Gasteiger partial charge in [0.15, 0.2) is 11.4 Å². The minimum absolute atomic E-state index is 0.0312. The molecule has 0 bridgehead atoms. The standard InChI is InChI=1S/C18H15ClN2O5/c1-8-4-9(6-12-16(8)26-21-18(12)25-3)14(22)10-5-11(17(20)24-2)15(23)13(19)7-10/h4-7,20,23H,1-3H3. The van der Waals surface area contributed by atoms with Gasteiger partial charge in [0.25, 0.3) is 5.88 Å². The molecule has 2 N–H and O–H groups in total. The van der Waals surface area contributed by atoms with Gasteiger partial charge in [0.05, 0.1) is 30.2 Å². The number of nitrogens with one attached hydrogen (secondary N) is 1. The van der Waals surface area contributed by atoms with Crippen LogP contribution in [0.4, 0.5) is 0 Å². The van der Waals surface area contributed by atoms with Crippen molar-refractivity contribution in [3.63, 3.8) is 0 Å². The van der Waals surface area contributed by atoms with Crippen molar-refractivity contribution in [3.8, 4) is 11.6 Å². The summed E-state index contributed by atoms with van der Waals surface area (Å²) in [6.07, 6.45) is 0. The topological polar surface area (TPSA) is 106 Å². The molecule has 7 nitrogen and oxygen atoms in total. The molecule has 0 amide bonds. The van der Waals surface area contributed by atoms with Crippen molar-refractivity contribution >= 4 is 34.3 Å². The zero-order valence-electron chi connectivity index (χ0n) is 14.2. The van der Waals surface area contributed by atoms with Crippen LogP contribution in [0.25, 0.3) is 11.0 Å². The van der Waals surface area contributed by atoms with E-state index in [0.717, 1.165) is 5.56 Å². The zero-order chi connectivity index (χ0) is 19.0. The number of aryl methyl sites for hydroxylation is 1. The molecule has 0 aliphatic carbocycles. The molecule has 0 aliphatic heterocycles. The average molecular weight is 375 g/mol. The van der Waals surface area contributed by atoms with Gasteiger partial charge < -0.3 is 19.1 Å². The molecule has 0 saturated carbocycles. The number of carbonyl (C=O) groups excluding carboxylic acids is 1. The molecule has 0 saturated heterocycles. The fourth-order valence-corrected chi connectivity index (χ4v) is 2.87. The van der Waals surface area contributed by atoms with Crippen LogP contribution in [0.1, 0.15) is 27.0 Å². The van der Waals surface area contributed by atoms with E-state index in [2.05, 4.69) is 5.16 Å². The maximum Gasteiger partial charge on any atom is 0.261 e. The molecule has 134 valence electrons. The summed E-state index contributed by atoms with van der Waals surface area (Å²) in [7, 11) is 2.75. The van der Waals surface area contributed by atoms with Crippen LogP contribution in [-0.4, -0.2) is 36.2 Å². The van der Waals surface area contributed by atoms with Crippen molar-refractivity contribution in [2.24, 2.45) is 0 Å². The van der Waals surface area contributed by atoms with Crippen LogP contribution >= 0.6 is 11.6 Å². The van der Waals surface area contributed by atoms with Crippen LogP contribution in [0, 0.1) is 12.3 Å². The zero-order valence-corrected chi connectivity index (χ0v) is 15.0. The molecule has 2 aromatic carbocycles. The highest BCUT2D eigenvalue weighted by molar-refractivity contribution is 6.33. The van der Waals surface area contributed by atoms with Crippen molar-refractivity contribution in [1.29, 1.82) is 5.41 Å². The number of nitrogens with zero attached hydrogens (tertiary/aromatic N) is 1. The molecule has 26 heavy (non-hydrogen) atoms. The number of rotatable bonds is 4. The van der Waals surface area contributed by atoms with E-state index in [4.69, 9.17) is 31.0 Å². The number of phenols is 1. The molecule has 8 heteroatoms. The summed E-state index contributed by atoms with van der Waals surface area (Å²) in [5.74, 6) is -0.678. The van der Waals surface area contributed by atoms with Gasteiger partial charge >= 0.3 is 0 Å². The fraction of sp³-hybridized carbons (Fsp3) is 0.167. The second-order valence-electron chi connectivity index (χ2n) is 5.58. The third-order valence-electron chi connectivity index (χ3n) is 3.95. The number of hydrogen-bond acceptors (Lipinski definition) is 7. The van der Waals surface area contributed by atoms with Gasteiger partial charge in [0, 0.05) is 11.1 Å². The molecule has 0 unspecified atom stereocenters. The molecule has 0 aliphatic rings. The molecule has 0 atom stereocenters. The number of benzene rings is 2. The van der Waals surface area contributed by atoms with Crippen molar-refractivity contribution in [3.05, 3.63) is 51.5 Å². The highest BCUT2D eigenvalue weighted by Gasteiger charge is 2.20. The van der Waals surface area contributed by atoms with E-state index in [1.165, 1.54) is 26.4 Å². The number of fused-ring (bicyclic) bond motifs is 1. The minimum Gasteiger partial charge on any atom is -0.506 e. The van der Waals surface area contributed by atoms with Gasteiger partial charge in [-0.15, -0.1) is 0 Å². The number of methoxy groups -OCH3 is 2. The first-order valence-corrected chi connectivity index (χ1v) is 7.89. The Morgan fingerprint density at radius 2 is 1.92 bits per heavy atom. The van der Waals surface area contributed by atoms with Gasteiger partial charge in [-0.1, -0.05) is 11.6 Å². The largest absolute Gasteiger partial charge is 0.506 e. The average Bonchev–Trinajstić information content (AvgIpc) is 3.06. The lowest BCUT2D eigenvalue weighted by Gasteiger charge is -2.10. The number of phenolic OH excluding ortho intramolecular Hbond substituents is 1. The molecule has 0 radical (unpaired) electrons. The monoisotopic (exact) mass is 374 g/mol. The summed E-state index contributed by atoms with van der Waals surface area (Å²) in [6.45, 7) is 1.79. The summed E-state index contributed by atoms with van der Waals surface area (Å²) in [5.41, 5.74) is 1.86. The van der Waals surface area contributed by atoms with Crippen LogP contribution in [0.2, 0.25) is 5.02 Å². The number of carbonyl (C=O) groups is 1. The predicted molar refractivity (Wildman–Crippen MR) is 95.7 cm³/mol. The first-order valence-electron chi connectivity index (χ1n) is 7.51. The quantitative estimate of drug-likeness (QED) is 0.409. The van der Waals surface area contributed by atoms with E-state index in [0.29, 0.717) is 16.5 Å². The third kappa shape index (κ3) is 2.86. The molecule has 0 fully saturated rings. The summed E-state index contributed by atoms with van der Waals surface area (Å²) in [6, 6.07) is 5.98. The summed E-state index contributed by atoms with van der Waals surface area (Å²) in [5, 5.41) is 22.1. The molecule has 3 aromatic rings. The Morgan fingerprint density at radius 1 is 1.23 bits per heavy atom. The summed E-state index contributed by atoms with van der Waals surface area (Å²) < 4.78 is 15.2. The van der Waals surface area contributed by atoms with Crippen LogP contribution in [0.5, 0.6) is 11.6 Å². The Hall–Kier alpha value is -3.06. The minimum atomic E-state index is -0.342. The number of aromatic nitrogens is 1. The molecule has 0 spiro atoms. The lowest BCUT2D eigenvalue weighted by atomic mass is 9.98. The second kappa shape index (κ2) is 6.68. The number of ketones is 1. The van der Waals surface area contributed by atoms with E-state index in [-0.39, 0.29) is 39.5 Å². The van der Waals surface area contributed by atoms with Crippen molar-refractivity contribution in [2.75, 3.05) is 14.2 Å². The number of hydrogen-bond donors (Lipinski definition) is 2. The Bertz CT molecular complexity index is 1040. The van der Waals surface area contributed by atoms with Gasteiger partial charge in [-0.2, -0.15) is 0 Å². The first kappa shape index (κ1) is 17.8. The van der Waals surface area contributed by atoms with Gasteiger partial charge in [0.1, 0.15) is 5.75 Å². The highest BCUT2D eigenvalue weighted by atomic mass is 35.5. The maximum absolute atomic E-state index is 12.9. The van der Waals surface area contributed by atoms with E-state index >= 15 is 0 Å². The lowest BCUT2D eigenvalue weighted by Crippen LogP contribution is -2.07. The molecule has 1 heterocycles. The molecule has 3 rings (SSSR count). The van der Waals surface area contributed by atoms with Crippen molar-refractivity contribution in [1.82, 2.24) is 5.16 Å². The predicted octanol–water partition coefficient (Wildman–Crippen LogP) is 3.71. The Labute approximate surface area is 153 Å². The Kier molecular flexibility index (Phi) is 4.56. The first-order chi connectivity index (χ1) is 12.4. The fourth-order valence-electron chi connectivity index (χ4n) is 2.65. The molecule has 1 aromatic heterocycles. The Balaban J connectivity index is 2.14. The van der Waals surface area contributed by atoms with Gasteiger partial charge in [-0.25, -0.2) is 0 Å². The normalized spacial score (nSPS) is 10.8.